The molecule has 0 spiro atoms. The fraction of sp³-hybridized carbons (Fsp3) is 0. The summed E-state index contributed by atoms with van der Waals surface area (Å²) in [5.41, 5.74) is 11.2. The summed E-state index contributed by atoms with van der Waals surface area (Å²) in [6.07, 6.45) is 0. The predicted molar refractivity (Wildman–Crippen MR) is 144 cm³/mol. The zero-order chi connectivity index (χ0) is 26.9. The Balaban J connectivity index is 1.30. The number of rotatable bonds is 6. The lowest BCUT2D eigenvalue weighted by atomic mass is 10.4. The Labute approximate surface area is 215 Å². The second-order valence-corrected chi connectivity index (χ2v) is 7.45. The number of hydrogen-bond acceptors (Lipinski definition) is 9. The van der Waals surface area contributed by atoms with Gasteiger partial charge in [-0.3, -0.25) is 31.9 Å². The molecule has 6 amide bonds. The molecule has 0 unspecified atom stereocenters. The molecular formula is C23H22N12O3. The van der Waals surface area contributed by atoms with Crippen molar-refractivity contribution in [3.63, 3.8) is 0 Å². The smallest absolute Gasteiger partial charge is 0.326 e. The summed E-state index contributed by atoms with van der Waals surface area (Å²) in [6.45, 7) is 0. The minimum absolute atomic E-state index is 0.158. The van der Waals surface area contributed by atoms with Crippen molar-refractivity contribution < 1.29 is 14.4 Å². The molecule has 192 valence electrons. The lowest BCUT2D eigenvalue weighted by Gasteiger charge is -2.10. The summed E-state index contributed by atoms with van der Waals surface area (Å²) in [5, 5.41) is 15.2. The van der Waals surface area contributed by atoms with Gasteiger partial charge in [0.1, 0.15) is 46.5 Å². The second-order valence-electron chi connectivity index (χ2n) is 7.45. The highest BCUT2D eigenvalue weighted by Gasteiger charge is 2.10. The quantitative estimate of drug-likeness (QED) is 0.188. The maximum atomic E-state index is 12.5. The summed E-state index contributed by atoms with van der Waals surface area (Å²) in [6, 6.07) is 17.1. The van der Waals surface area contributed by atoms with Gasteiger partial charge >= 0.3 is 18.1 Å². The lowest BCUT2D eigenvalue weighted by Crippen LogP contribution is -2.23. The van der Waals surface area contributed by atoms with Gasteiger partial charge in [0.2, 0.25) is 0 Å². The molecule has 0 aromatic carbocycles. The third-order valence-corrected chi connectivity index (χ3v) is 4.49. The van der Waals surface area contributed by atoms with Gasteiger partial charge in [-0.1, -0.05) is 24.3 Å². The number of nitrogens with two attached hydrogens (primary N) is 2. The summed E-state index contributed by atoms with van der Waals surface area (Å²) in [5.74, 6) is 1.71. The van der Waals surface area contributed by atoms with Crippen LogP contribution in [0.15, 0.2) is 72.8 Å². The number of carbonyl (C=O) groups is 3. The molecular weight excluding hydrogens is 492 g/mol. The number of nitrogens with zero attached hydrogens (tertiary/aromatic N) is 4. The van der Waals surface area contributed by atoms with Gasteiger partial charge in [-0.2, -0.15) is 0 Å². The van der Waals surface area contributed by atoms with Crippen LogP contribution >= 0.6 is 0 Å². The second kappa shape index (κ2) is 11.6. The fourth-order valence-electron chi connectivity index (χ4n) is 2.98. The van der Waals surface area contributed by atoms with Crippen LogP contribution in [0.2, 0.25) is 0 Å². The fourth-order valence-corrected chi connectivity index (χ4v) is 2.98. The van der Waals surface area contributed by atoms with Crippen LogP contribution in [0, 0.1) is 0 Å². The Bertz CT molecular complexity index is 1370. The molecule has 4 aromatic rings. The number of nitrogens with one attached hydrogen (secondary N) is 6. The summed E-state index contributed by atoms with van der Waals surface area (Å²) in [4.78, 5) is 53.1. The number of urea groups is 3. The van der Waals surface area contributed by atoms with Crippen LogP contribution in [0.4, 0.5) is 60.9 Å². The van der Waals surface area contributed by atoms with Crippen LogP contribution < -0.4 is 43.4 Å². The van der Waals surface area contributed by atoms with Crippen LogP contribution in [0.5, 0.6) is 0 Å². The third kappa shape index (κ3) is 7.51. The Morgan fingerprint density at radius 3 is 0.921 bits per heavy atom. The standard InChI is InChI=1S/C23H22N12O3/c24-13-5-1-7-15(26-13)30-21(36)32-17-9-3-11-19(28-17)34-23(38)35-20-12-4-10-18(29-20)33-22(37)31-16-8-2-6-14(25)27-16/h1-12H,(H10,24,25,26,27,28,29,30,31,32,33,34,35,36,37,38). The third-order valence-electron chi connectivity index (χ3n) is 4.49. The Hall–Kier alpha value is -5.99. The zero-order valence-electron chi connectivity index (χ0n) is 19.6. The number of pyridine rings is 4. The molecule has 0 atom stereocenters. The van der Waals surface area contributed by atoms with Gasteiger partial charge in [0.15, 0.2) is 0 Å². The molecule has 0 aliphatic rings. The van der Waals surface area contributed by atoms with Gasteiger partial charge in [-0.15, -0.1) is 0 Å². The van der Waals surface area contributed by atoms with E-state index in [0.717, 1.165) is 0 Å². The van der Waals surface area contributed by atoms with Gasteiger partial charge in [0, 0.05) is 0 Å². The summed E-state index contributed by atoms with van der Waals surface area (Å²) < 4.78 is 0. The van der Waals surface area contributed by atoms with Gasteiger partial charge in [0.05, 0.1) is 0 Å². The first-order chi connectivity index (χ1) is 18.3. The van der Waals surface area contributed by atoms with Crippen LogP contribution in [-0.2, 0) is 0 Å². The van der Waals surface area contributed by atoms with Gasteiger partial charge in [-0.25, -0.2) is 34.3 Å². The molecule has 0 aliphatic heterocycles. The van der Waals surface area contributed by atoms with Crippen molar-refractivity contribution in [3.8, 4) is 0 Å². The number of nitrogen functional groups attached to an aromatic ring is 2. The minimum Gasteiger partial charge on any atom is -0.384 e. The molecule has 0 bridgehead atoms. The van der Waals surface area contributed by atoms with Crippen LogP contribution in [0.3, 0.4) is 0 Å². The molecule has 4 heterocycles. The molecule has 0 saturated carbocycles. The van der Waals surface area contributed by atoms with Gasteiger partial charge < -0.3 is 11.5 Å². The van der Waals surface area contributed by atoms with E-state index in [1.54, 1.807) is 48.5 Å². The normalized spacial score (nSPS) is 10.1. The number of carbonyl (C=O) groups excluding carboxylic acids is 3. The highest BCUT2D eigenvalue weighted by atomic mass is 16.2. The average Bonchev–Trinajstić information content (AvgIpc) is 2.84. The van der Waals surface area contributed by atoms with E-state index in [1.807, 2.05) is 0 Å². The van der Waals surface area contributed by atoms with E-state index >= 15 is 0 Å². The predicted octanol–water partition coefficient (Wildman–Crippen LogP) is 3.36. The van der Waals surface area contributed by atoms with Crippen molar-refractivity contribution in [2.75, 3.05) is 43.4 Å². The van der Waals surface area contributed by atoms with E-state index in [0.29, 0.717) is 0 Å². The number of amides is 6. The van der Waals surface area contributed by atoms with Crippen LogP contribution in [0.1, 0.15) is 0 Å². The highest BCUT2D eigenvalue weighted by Crippen LogP contribution is 2.14. The molecule has 38 heavy (non-hydrogen) atoms. The Morgan fingerprint density at radius 1 is 0.421 bits per heavy atom. The van der Waals surface area contributed by atoms with E-state index in [2.05, 4.69) is 51.8 Å². The van der Waals surface area contributed by atoms with E-state index in [4.69, 9.17) is 11.5 Å². The van der Waals surface area contributed by atoms with E-state index < -0.39 is 18.1 Å². The van der Waals surface area contributed by atoms with Crippen molar-refractivity contribution in [1.82, 2.24) is 19.9 Å². The minimum atomic E-state index is -0.652. The summed E-state index contributed by atoms with van der Waals surface area (Å²) in [7, 11) is 0. The van der Waals surface area contributed by atoms with Crippen molar-refractivity contribution in [3.05, 3.63) is 72.8 Å². The number of anilines is 8. The first kappa shape index (κ1) is 25.1. The van der Waals surface area contributed by atoms with Crippen molar-refractivity contribution in [2.24, 2.45) is 0 Å². The number of hydrogen-bond donors (Lipinski definition) is 8. The summed E-state index contributed by atoms with van der Waals surface area (Å²) >= 11 is 0. The van der Waals surface area contributed by atoms with Crippen LogP contribution in [0.25, 0.3) is 0 Å². The topological polar surface area (TPSA) is 227 Å². The van der Waals surface area contributed by atoms with Crippen molar-refractivity contribution >= 4 is 64.6 Å². The largest absolute Gasteiger partial charge is 0.384 e. The van der Waals surface area contributed by atoms with Gasteiger partial charge in [-0.05, 0) is 48.5 Å². The SMILES string of the molecule is Nc1cccc(NC(=O)Nc2cccc(NC(=O)Nc3cccc(NC(=O)Nc4cccc(N)n4)n3)n2)n1. The molecule has 0 saturated heterocycles. The molecule has 4 rings (SSSR count). The maximum Gasteiger partial charge on any atom is 0.326 e. The molecule has 15 heteroatoms. The number of aromatic nitrogens is 4. The van der Waals surface area contributed by atoms with E-state index in [1.165, 1.54) is 24.3 Å². The molecule has 0 radical (unpaired) electrons. The van der Waals surface area contributed by atoms with Crippen molar-refractivity contribution in [2.45, 2.75) is 0 Å². The molecule has 15 nitrogen and oxygen atoms in total. The van der Waals surface area contributed by atoms with E-state index in [9.17, 15) is 14.4 Å². The Morgan fingerprint density at radius 2 is 0.658 bits per heavy atom. The first-order valence-electron chi connectivity index (χ1n) is 11.0. The molecule has 0 fully saturated rings. The zero-order valence-corrected chi connectivity index (χ0v) is 19.6. The maximum absolute atomic E-state index is 12.5. The van der Waals surface area contributed by atoms with Crippen molar-refractivity contribution in [1.29, 1.82) is 0 Å². The lowest BCUT2D eigenvalue weighted by molar-refractivity contribution is 0.261. The molecule has 10 N–H and O–H groups in total. The van der Waals surface area contributed by atoms with E-state index in [-0.39, 0.29) is 46.5 Å². The molecule has 0 aliphatic carbocycles. The highest BCUT2D eigenvalue weighted by molar-refractivity contribution is 6.01. The van der Waals surface area contributed by atoms with Gasteiger partial charge in [0.25, 0.3) is 0 Å². The molecule has 4 aromatic heterocycles. The first-order valence-corrected chi connectivity index (χ1v) is 11.0. The Kier molecular flexibility index (Phi) is 7.68. The monoisotopic (exact) mass is 514 g/mol. The van der Waals surface area contributed by atoms with Crippen LogP contribution in [-0.4, -0.2) is 38.0 Å². The average molecular weight is 515 g/mol.